The van der Waals surface area contributed by atoms with Crippen LogP contribution in [-0.2, 0) is 17.6 Å². The average Bonchev–Trinajstić information content (AvgIpc) is 3.23. The second kappa shape index (κ2) is 21.8. The van der Waals surface area contributed by atoms with Gasteiger partial charge in [-0.3, -0.25) is 19.9 Å². The highest BCUT2D eigenvalue weighted by Crippen LogP contribution is 2.47. The van der Waals surface area contributed by atoms with Crippen molar-refractivity contribution in [3.63, 3.8) is 0 Å². The van der Waals surface area contributed by atoms with Crippen LogP contribution in [0.5, 0.6) is 0 Å². The van der Waals surface area contributed by atoms with Crippen LogP contribution in [0.25, 0.3) is 22.5 Å². The van der Waals surface area contributed by atoms with Crippen LogP contribution < -0.4 is 0 Å². The molecule has 0 aliphatic heterocycles. The summed E-state index contributed by atoms with van der Waals surface area (Å²) in [6.07, 6.45) is 32.8. The Morgan fingerprint density at radius 2 is 0.873 bits per heavy atom. The molecule has 0 spiro atoms. The monoisotopic (exact) mass is 743 g/mol. The van der Waals surface area contributed by atoms with E-state index in [1.54, 1.807) is 0 Å². The van der Waals surface area contributed by atoms with Gasteiger partial charge in [0.05, 0.1) is 47.4 Å². The summed E-state index contributed by atoms with van der Waals surface area (Å²) >= 11 is 0. The Bertz CT molecular complexity index is 1510. The Morgan fingerprint density at radius 3 is 1.20 bits per heavy atom. The summed E-state index contributed by atoms with van der Waals surface area (Å²) < 4.78 is 7.65. The smallest absolute Gasteiger partial charge is 0.0885 e. The SMILES string of the molecule is CCCCCc1cnc(-c2ccc(C(OC(c3ccc(-c4cnc(CCCCC)cn4)cc3)[C@H]3CC[C@H](CCC)CC3)[C@H]3CC[C@H](CCC)CC3)cc2)cn1. The fourth-order valence-corrected chi connectivity index (χ4v) is 9.52. The molecule has 0 N–H and O–H groups in total. The molecule has 2 aromatic carbocycles. The Kier molecular flexibility index (Phi) is 16.3. The van der Waals surface area contributed by atoms with E-state index in [0.717, 1.165) is 58.6 Å². The van der Waals surface area contributed by atoms with Gasteiger partial charge in [-0.05, 0) is 86.2 Å². The molecule has 2 fully saturated rings. The molecule has 2 heterocycles. The van der Waals surface area contributed by atoms with E-state index in [-0.39, 0.29) is 12.2 Å². The Balaban J connectivity index is 1.25. The molecule has 2 aliphatic rings. The third-order valence-electron chi connectivity index (χ3n) is 12.9. The molecule has 2 atom stereocenters. The predicted molar refractivity (Wildman–Crippen MR) is 229 cm³/mol. The van der Waals surface area contributed by atoms with Crippen molar-refractivity contribution in [3.8, 4) is 22.5 Å². The highest BCUT2D eigenvalue weighted by molar-refractivity contribution is 5.59. The van der Waals surface area contributed by atoms with E-state index in [2.05, 4.69) is 76.2 Å². The van der Waals surface area contributed by atoms with Gasteiger partial charge < -0.3 is 4.74 Å². The number of unbranched alkanes of at least 4 members (excludes halogenated alkanes) is 4. The van der Waals surface area contributed by atoms with E-state index in [0.29, 0.717) is 11.8 Å². The minimum atomic E-state index is 0.0628. The van der Waals surface area contributed by atoms with Gasteiger partial charge in [-0.15, -0.1) is 0 Å². The molecule has 5 heteroatoms. The maximum Gasteiger partial charge on any atom is 0.0885 e. The Labute approximate surface area is 334 Å². The molecule has 296 valence electrons. The third-order valence-corrected chi connectivity index (χ3v) is 12.9. The van der Waals surface area contributed by atoms with E-state index >= 15 is 0 Å². The highest BCUT2D eigenvalue weighted by atomic mass is 16.5. The zero-order valence-electron chi connectivity index (χ0n) is 34.7. The zero-order chi connectivity index (χ0) is 38.2. The van der Waals surface area contributed by atoms with E-state index in [4.69, 9.17) is 24.7 Å². The topological polar surface area (TPSA) is 60.8 Å². The molecule has 2 saturated carbocycles. The van der Waals surface area contributed by atoms with Crippen LogP contribution in [0.3, 0.4) is 0 Å². The van der Waals surface area contributed by atoms with Gasteiger partial charge in [0.1, 0.15) is 0 Å². The van der Waals surface area contributed by atoms with Crippen LogP contribution in [0.1, 0.15) is 178 Å². The lowest BCUT2D eigenvalue weighted by Gasteiger charge is -2.40. The summed E-state index contributed by atoms with van der Waals surface area (Å²) in [6.45, 7) is 9.16. The molecule has 0 saturated heterocycles. The standard InChI is InChI=1S/C50H70N4O/c1-5-9-11-15-45-33-53-47(35-51-45)39-25-29-43(30-26-39)49(41-21-17-37(13-7-3)18-22-41)55-50(42-23-19-38(14-8-4)20-24-42)44-31-27-40(28-32-44)48-36-52-46(34-54-48)16-12-10-6-2/h25-38,41-42,49-50H,5-24H2,1-4H3/t37-,38-,41-,42-,49?,50?. The molecule has 2 unspecified atom stereocenters. The zero-order valence-corrected chi connectivity index (χ0v) is 34.7. The molecule has 0 radical (unpaired) electrons. The highest BCUT2D eigenvalue weighted by Gasteiger charge is 2.35. The van der Waals surface area contributed by atoms with Crippen molar-refractivity contribution in [3.05, 3.63) is 95.8 Å². The number of rotatable bonds is 20. The third kappa shape index (κ3) is 11.8. The van der Waals surface area contributed by atoms with Crippen LogP contribution in [0.15, 0.2) is 73.3 Å². The number of ether oxygens (including phenoxy) is 1. The lowest BCUT2D eigenvalue weighted by atomic mass is 9.75. The maximum absolute atomic E-state index is 7.65. The van der Waals surface area contributed by atoms with Crippen LogP contribution in [0.2, 0.25) is 0 Å². The molecule has 4 aromatic rings. The van der Waals surface area contributed by atoms with Crippen molar-refractivity contribution in [1.82, 2.24) is 19.9 Å². The first-order valence-electron chi connectivity index (χ1n) is 22.6. The van der Waals surface area contributed by atoms with E-state index in [1.807, 2.05) is 24.8 Å². The number of aromatic nitrogens is 4. The Morgan fingerprint density at radius 1 is 0.473 bits per heavy atom. The van der Waals surface area contributed by atoms with Crippen LogP contribution in [0.4, 0.5) is 0 Å². The van der Waals surface area contributed by atoms with Gasteiger partial charge in [0.15, 0.2) is 0 Å². The second-order valence-corrected chi connectivity index (χ2v) is 17.1. The van der Waals surface area contributed by atoms with Crippen LogP contribution in [0, 0.1) is 23.7 Å². The molecular formula is C50H70N4O. The first kappa shape index (κ1) is 41.2. The lowest BCUT2D eigenvalue weighted by molar-refractivity contribution is -0.0907. The van der Waals surface area contributed by atoms with Gasteiger partial charge in [0.25, 0.3) is 0 Å². The number of benzene rings is 2. The van der Waals surface area contributed by atoms with Crippen molar-refractivity contribution >= 4 is 0 Å². The summed E-state index contributed by atoms with van der Waals surface area (Å²) in [5.41, 5.74) is 8.94. The Hall–Kier alpha value is -3.44. The van der Waals surface area contributed by atoms with Gasteiger partial charge in [-0.25, -0.2) is 0 Å². The summed E-state index contributed by atoms with van der Waals surface area (Å²) in [7, 11) is 0. The van der Waals surface area contributed by atoms with Gasteiger partial charge >= 0.3 is 0 Å². The lowest BCUT2D eigenvalue weighted by Crippen LogP contribution is -2.28. The fraction of sp³-hybridized carbons (Fsp3) is 0.600. The van der Waals surface area contributed by atoms with Crippen molar-refractivity contribution in [2.45, 2.75) is 168 Å². The van der Waals surface area contributed by atoms with E-state index < -0.39 is 0 Å². The summed E-state index contributed by atoms with van der Waals surface area (Å²) in [4.78, 5) is 19.2. The van der Waals surface area contributed by atoms with Gasteiger partial charge in [-0.2, -0.15) is 0 Å². The summed E-state index contributed by atoms with van der Waals surface area (Å²) in [5.74, 6) is 2.76. The van der Waals surface area contributed by atoms with E-state index in [9.17, 15) is 0 Å². The average molecular weight is 743 g/mol. The number of hydrogen-bond donors (Lipinski definition) is 0. The second-order valence-electron chi connectivity index (χ2n) is 17.1. The largest absolute Gasteiger partial charge is 0.365 e. The quantitative estimate of drug-likeness (QED) is 0.0844. The van der Waals surface area contributed by atoms with Crippen LogP contribution in [-0.4, -0.2) is 19.9 Å². The minimum Gasteiger partial charge on any atom is -0.365 e. The summed E-state index contributed by atoms with van der Waals surface area (Å²) in [5, 5.41) is 0. The molecule has 0 amide bonds. The summed E-state index contributed by atoms with van der Waals surface area (Å²) in [6, 6.07) is 18.3. The number of hydrogen-bond acceptors (Lipinski definition) is 5. The molecule has 6 rings (SSSR count). The minimum absolute atomic E-state index is 0.0628. The maximum atomic E-state index is 7.65. The van der Waals surface area contributed by atoms with Gasteiger partial charge in [0.2, 0.25) is 0 Å². The first-order valence-corrected chi connectivity index (χ1v) is 22.6. The molecule has 0 bridgehead atoms. The first-order chi connectivity index (χ1) is 27.1. The molecule has 2 aliphatic carbocycles. The molecule has 5 nitrogen and oxygen atoms in total. The van der Waals surface area contributed by atoms with E-state index in [1.165, 1.54) is 127 Å². The van der Waals surface area contributed by atoms with Crippen molar-refractivity contribution in [1.29, 1.82) is 0 Å². The van der Waals surface area contributed by atoms with Crippen molar-refractivity contribution in [2.75, 3.05) is 0 Å². The van der Waals surface area contributed by atoms with Crippen molar-refractivity contribution < 1.29 is 4.74 Å². The molecular weight excluding hydrogens is 673 g/mol. The normalized spacial score (nSPS) is 21.3. The van der Waals surface area contributed by atoms with Gasteiger partial charge in [0, 0.05) is 23.5 Å². The number of aryl methyl sites for hydroxylation is 2. The fourth-order valence-electron chi connectivity index (χ4n) is 9.52. The molecule has 2 aromatic heterocycles. The van der Waals surface area contributed by atoms with Crippen molar-refractivity contribution in [2.24, 2.45) is 23.7 Å². The predicted octanol–water partition coefficient (Wildman–Crippen LogP) is 14.1. The number of nitrogens with zero attached hydrogens (tertiary/aromatic N) is 4. The molecule has 55 heavy (non-hydrogen) atoms. The van der Waals surface area contributed by atoms with Crippen LogP contribution >= 0.6 is 0 Å². The van der Waals surface area contributed by atoms with Gasteiger partial charge in [-0.1, -0.05) is 153 Å².